The van der Waals surface area contributed by atoms with Crippen LogP contribution < -0.4 is 0 Å². The molecule has 1 aliphatic heterocycles. The minimum atomic E-state index is -1.27. The van der Waals surface area contributed by atoms with E-state index in [0.29, 0.717) is 17.5 Å². The van der Waals surface area contributed by atoms with Crippen molar-refractivity contribution in [1.82, 2.24) is 0 Å². The predicted molar refractivity (Wildman–Crippen MR) is 96.0 cm³/mol. The van der Waals surface area contributed by atoms with Crippen molar-refractivity contribution < 1.29 is 23.5 Å². The molecule has 2 unspecified atom stereocenters. The molecule has 0 bridgehead atoms. The van der Waals surface area contributed by atoms with Gasteiger partial charge in [0.1, 0.15) is 12.3 Å². The first kappa shape index (κ1) is 17.1. The summed E-state index contributed by atoms with van der Waals surface area (Å²) in [7, 11) is 0. The first-order chi connectivity index (χ1) is 12.6. The highest BCUT2D eigenvalue weighted by atomic mass is 32.2. The van der Waals surface area contributed by atoms with E-state index >= 15 is 0 Å². The second-order valence-corrected chi connectivity index (χ2v) is 7.82. The number of carbonyl (C=O) groups excluding carboxylic acids is 2. The standard InChI is InChI=1S/C20H17FO4S/c21-15-12-26-20(17(15)25-19(23)14-9-5-2-6-10-14)11-16(20)24-18(22)13-7-3-1-4-8-13/h1-10,15-17H,11-12H2/t15-,16?,17+,20?/m1/s1. The molecule has 0 aromatic heterocycles. The van der Waals surface area contributed by atoms with Crippen molar-refractivity contribution >= 4 is 23.7 Å². The molecule has 2 aromatic rings. The van der Waals surface area contributed by atoms with E-state index in [0.717, 1.165) is 0 Å². The van der Waals surface area contributed by atoms with E-state index in [-0.39, 0.29) is 5.75 Å². The maximum Gasteiger partial charge on any atom is 0.338 e. The lowest BCUT2D eigenvalue weighted by atomic mass is 10.1. The van der Waals surface area contributed by atoms with Gasteiger partial charge in [-0.05, 0) is 24.3 Å². The van der Waals surface area contributed by atoms with Gasteiger partial charge in [0.05, 0.1) is 15.9 Å². The molecule has 26 heavy (non-hydrogen) atoms. The van der Waals surface area contributed by atoms with E-state index in [1.165, 1.54) is 11.8 Å². The van der Waals surface area contributed by atoms with Gasteiger partial charge in [0.2, 0.25) is 0 Å². The van der Waals surface area contributed by atoms with Crippen LogP contribution in [-0.2, 0) is 9.47 Å². The Bertz CT molecular complexity index is 813. The molecule has 0 radical (unpaired) electrons. The minimum absolute atomic E-state index is 0.228. The molecule has 1 saturated carbocycles. The van der Waals surface area contributed by atoms with Crippen LogP contribution in [0.2, 0.25) is 0 Å². The third kappa shape index (κ3) is 3.09. The van der Waals surface area contributed by atoms with Crippen molar-refractivity contribution in [3.8, 4) is 0 Å². The van der Waals surface area contributed by atoms with Crippen LogP contribution in [0.1, 0.15) is 27.1 Å². The molecule has 2 aliphatic rings. The number of esters is 2. The quantitative estimate of drug-likeness (QED) is 0.767. The molecule has 1 spiro atoms. The number of hydrogen-bond donors (Lipinski definition) is 0. The smallest absolute Gasteiger partial charge is 0.338 e. The van der Waals surface area contributed by atoms with Crippen molar-refractivity contribution in [2.75, 3.05) is 5.75 Å². The second kappa shape index (κ2) is 6.76. The van der Waals surface area contributed by atoms with E-state index in [1.54, 1.807) is 54.6 Å². The summed E-state index contributed by atoms with van der Waals surface area (Å²) in [6.07, 6.45) is -2.14. The number of rotatable bonds is 4. The molecule has 2 fully saturated rings. The van der Waals surface area contributed by atoms with Crippen molar-refractivity contribution in [2.45, 2.75) is 29.5 Å². The molecule has 2 aromatic carbocycles. The molecule has 1 aliphatic carbocycles. The van der Waals surface area contributed by atoms with Gasteiger partial charge in [0.25, 0.3) is 0 Å². The maximum absolute atomic E-state index is 14.4. The summed E-state index contributed by atoms with van der Waals surface area (Å²) in [6.45, 7) is 0. The number of halogens is 1. The fourth-order valence-corrected chi connectivity index (χ4v) is 4.74. The second-order valence-electron chi connectivity index (χ2n) is 6.44. The zero-order valence-corrected chi connectivity index (χ0v) is 14.7. The van der Waals surface area contributed by atoms with Crippen LogP contribution in [-0.4, -0.2) is 40.8 Å². The van der Waals surface area contributed by atoms with Crippen molar-refractivity contribution in [3.63, 3.8) is 0 Å². The Kier molecular flexibility index (Phi) is 4.44. The van der Waals surface area contributed by atoms with Crippen LogP contribution >= 0.6 is 11.8 Å². The lowest BCUT2D eigenvalue weighted by Gasteiger charge is -2.21. The van der Waals surface area contributed by atoms with Gasteiger partial charge in [-0.1, -0.05) is 36.4 Å². The van der Waals surface area contributed by atoms with E-state index < -0.39 is 35.1 Å². The topological polar surface area (TPSA) is 52.6 Å². The first-order valence-corrected chi connectivity index (χ1v) is 9.39. The zero-order valence-electron chi connectivity index (χ0n) is 13.8. The Morgan fingerprint density at radius 3 is 2.04 bits per heavy atom. The Morgan fingerprint density at radius 2 is 1.46 bits per heavy atom. The number of alkyl halides is 1. The highest BCUT2D eigenvalue weighted by Gasteiger charge is 2.69. The molecule has 4 atom stereocenters. The van der Waals surface area contributed by atoms with Gasteiger partial charge in [-0.3, -0.25) is 0 Å². The third-order valence-corrected chi connectivity index (χ3v) is 6.40. The monoisotopic (exact) mass is 372 g/mol. The number of hydrogen-bond acceptors (Lipinski definition) is 5. The summed E-state index contributed by atoms with van der Waals surface area (Å²) in [5.41, 5.74) is 0.831. The van der Waals surface area contributed by atoms with E-state index in [9.17, 15) is 14.0 Å². The fourth-order valence-electron chi connectivity index (χ4n) is 3.24. The molecule has 0 amide bonds. The summed E-state index contributed by atoms with van der Waals surface area (Å²) in [4.78, 5) is 24.5. The lowest BCUT2D eigenvalue weighted by Crippen LogP contribution is -2.36. The van der Waals surface area contributed by atoms with Crippen molar-refractivity contribution in [3.05, 3.63) is 71.8 Å². The number of ether oxygens (including phenoxy) is 2. The van der Waals surface area contributed by atoms with Gasteiger partial charge >= 0.3 is 11.9 Å². The molecule has 1 saturated heterocycles. The Morgan fingerprint density at radius 1 is 0.923 bits per heavy atom. The average Bonchev–Trinajstić information content (AvgIpc) is 3.29. The predicted octanol–water partition coefficient (Wildman–Crippen LogP) is 3.67. The van der Waals surface area contributed by atoms with Gasteiger partial charge < -0.3 is 9.47 Å². The summed E-state index contributed by atoms with van der Waals surface area (Å²) in [5.74, 6) is -0.768. The van der Waals surface area contributed by atoms with Crippen LogP contribution in [0, 0.1) is 0 Å². The molecule has 1 heterocycles. The molecular formula is C20H17FO4S. The van der Waals surface area contributed by atoms with Gasteiger partial charge in [-0.15, -0.1) is 11.8 Å². The van der Waals surface area contributed by atoms with E-state index in [4.69, 9.17) is 9.47 Å². The Labute approximate surface area is 154 Å². The highest BCUT2D eigenvalue weighted by molar-refractivity contribution is 8.01. The molecule has 134 valence electrons. The highest BCUT2D eigenvalue weighted by Crippen LogP contribution is 2.60. The van der Waals surface area contributed by atoms with Crippen molar-refractivity contribution in [1.29, 1.82) is 0 Å². The number of carbonyl (C=O) groups is 2. The lowest BCUT2D eigenvalue weighted by molar-refractivity contribution is 0.00373. The minimum Gasteiger partial charge on any atom is -0.457 e. The molecular weight excluding hydrogens is 355 g/mol. The summed E-state index contributed by atoms with van der Waals surface area (Å²) in [6, 6.07) is 17.2. The summed E-state index contributed by atoms with van der Waals surface area (Å²) < 4.78 is 24.7. The van der Waals surface area contributed by atoms with Gasteiger partial charge in [-0.2, -0.15) is 0 Å². The maximum atomic E-state index is 14.4. The summed E-state index contributed by atoms with van der Waals surface area (Å²) >= 11 is 1.38. The van der Waals surface area contributed by atoms with Gasteiger partial charge in [0.15, 0.2) is 6.10 Å². The normalized spacial score (nSPS) is 29.3. The zero-order chi connectivity index (χ0) is 18.1. The molecule has 4 nitrogen and oxygen atoms in total. The summed E-state index contributed by atoms with van der Waals surface area (Å²) in [5, 5.41) is 0. The molecule has 6 heteroatoms. The van der Waals surface area contributed by atoms with Gasteiger partial charge in [-0.25, -0.2) is 14.0 Å². The Hall–Kier alpha value is -2.34. The average molecular weight is 372 g/mol. The third-order valence-electron chi connectivity index (χ3n) is 4.71. The number of benzene rings is 2. The fraction of sp³-hybridized carbons (Fsp3) is 0.300. The largest absolute Gasteiger partial charge is 0.457 e. The molecule has 4 rings (SSSR count). The van der Waals surface area contributed by atoms with E-state index in [1.807, 2.05) is 6.07 Å². The van der Waals surface area contributed by atoms with Crippen LogP contribution in [0.3, 0.4) is 0 Å². The van der Waals surface area contributed by atoms with Crippen LogP contribution in [0.25, 0.3) is 0 Å². The molecule has 0 N–H and O–H groups in total. The number of thioether (sulfide) groups is 1. The van der Waals surface area contributed by atoms with E-state index in [2.05, 4.69) is 0 Å². The first-order valence-electron chi connectivity index (χ1n) is 8.40. The SMILES string of the molecule is O=C(OC1CC12SC[C@@H](F)[C@@H]2OC(=O)c1ccccc1)c1ccccc1. The van der Waals surface area contributed by atoms with Crippen molar-refractivity contribution in [2.24, 2.45) is 0 Å². The van der Waals surface area contributed by atoms with Gasteiger partial charge in [0, 0.05) is 12.2 Å². The van der Waals surface area contributed by atoms with Crippen LogP contribution in [0.5, 0.6) is 0 Å². The van der Waals surface area contributed by atoms with Crippen LogP contribution in [0.4, 0.5) is 4.39 Å². The van der Waals surface area contributed by atoms with Crippen LogP contribution in [0.15, 0.2) is 60.7 Å². The Balaban J connectivity index is 1.45.